The van der Waals surface area contributed by atoms with E-state index in [0.29, 0.717) is 12.1 Å². The summed E-state index contributed by atoms with van der Waals surface area (Å²) in [6.07, 6.45) is 0. The Morgan fingerprint density at radius 1 is 1.48 bits per heavy atom. The summed E-state index contributed by atoms with van der Waals surface area (Å²) in [5, 5.41) is 11.7. The van der Waals surface area contributed by atoms with Crippen molar-refractivity contribution in [1.82, 2.24) is 10.2 Å². The summed E-state index contributed by atoms with van der Waals surface area (Å²) in [6.45, 7) is 2.63. The van der Waals surface area contributed by atoms with E-state index >= 15 is 0 Å². The molecular formula is C14H16ClFN2O3. The van der Waals surface area contributed by atoms with E-state index in [1.54, 1.807) is 0 Å². The van der Waals surface area contributed by atoms with Gasteiger partial charge in [-0.1, -0.05) is 24.6 Å². The summed E-state index contributed by atoms with van der Waals surface area (Å²) in [4.78, 5) is 24.5. The van der Waals surface area contributed by atoms with Crippen LogP contribution in [0.4, 0.5) is 9.18 Å². The first-order valence-electron chi connectivity index (χ1n) is 6.58. The molecule has 5 nitrogen and oxygen atoms in total. The average Bonchev–Trinajstić information content (AvgIpc) is 2.82. The summed E-state index contributed by atoms with van der Waals surface area (Å²) in [5.74, 6) is -2.00. The molecule has 0 aliphatic carbocycles. The minimum Gasteiger partial charge on any atom is -0.481 e. The highest BCUT2D eigenvalue weighted by Gasteiger charge is 2.36. The highest BCUT2D eigenvalue weighted by atomic mass is 35.5. The Hall–Kier alpha value is -1.82. The van der Waals surface area contributed by atoms with E-state index in [0.717, 1.165) is 0 Å². The third kappa shape index (κ3) is 3.64. The number of hydrogen-bond acceptors (Lipinski definition) is 2. The van der Waals surface area contributed by atoms with Gasteiger partial charge in [0, 0.05) is 19.6 Å². The lowest BCUT2D eigenvalue weighted by molar-refractivity contribution is -0.142. The third-order valence-corrected chi connectivity index (χ3v) is 3.93. The van der Waals surface area contributed by atoms with Crippen molar-refractivity contribution in [2.45, 2.75) is 13.5 Å². The third-order valence-electron chi connectivity index (χ3n) is 3.64. The number of nitrogens with one attached hydrogen (secondary N) is 1. The van der Waals surface area contributed by atoms with Crippen LogP contribution in [0.5, 0.6) is 0 Å². The number of aliphatic carboxylic acids is 1. The second kappa shape index (κ2) is 6.30. The first-order chi connectivity index (χ1) is 9.88. The van der Waals surface area contributed by atoms with E-state index in [-0.39, 0.29) is 30.1 Å². The molecule has 2 atom stereocenters. The number of carbonyl (C=O) groups is 2. The number of benzene rings is 1. The van der Waals surface area contributed by atoms with Crippen LogP contribution in [-0.2, 0) is 11.3 Å². The van der Waals surface area contributed by atoms with Crippen molar-refractivity contribution in [2.24, 2.45) is 11.8 Å². The number of hydrogen-bond donors (Lipinski definition) is 2. The van der Waals surface area contributed by atoms with Crippen molar-refractivity contribution in [3.8, 4) is 0 Å². The normalized spacial score (nSPS) is 21.4. The minimum absolute atomic E-state index is 0.00230. The SMILES string of the molecule is C[C@@H]1CN(C(=O)NCc2ccc(F)c(Cl)c2)C[C@H]1C(=O)O. The van der Waals surface area contributed by atoms with E-state index in [4.69, 9.17) is 16.7 Å². The molecule has 2 amide bonds. The maximum absolute atomic E-state index is 13.0. The van der Waals surface area contributed by atoms with Crippen LogP contribution in [0.15, 0.2) is 18.2 Å². The Balaban J connectivity index is 1.90. The Morgan fingerprint density at radius 2 is 2.19 bits per heavy atom. The first kappa shape index (κ1) is 15.6. The zero-order valence-corrected chi connectivity index (χ0v) is 12.2. The van der Waals surface area contributed by atoms with E-state index in [2.05, 4.69) is 5.32 Å². The Labute approximate surface area is 126 Å². The second-order valence-corrected chi connectivity index (χ2v) is 5.64. The summed E-state index contributed by atoms with van der Waals surface area (Å²) >= 11 is 5.67. The maximum atomic E-state index is 13.0. The van der Waals surface area contributed by atoms with Gasteiger partial charge in [-0.05, 0) is 23.6 Å². The number of likely N-dealkylation sites (tertiary alicyclic amines) is 1. The van der Waals surface area contributed by atoms with Crippen LogP contribution >= 0.6 is 11.6 Å². The van der Waals surface area contributed by atoms with E-state index in [1.807, 2.05) is 6.92 Å². The number of halogens is 2. The van der Waals surface area contributed by atoms with Gasteiger partial charge in [-0.3, -0.25) is 4.79 Å². The molecule has 0 saturated carbocycles. The lowest BCUT2D eigenvalue weighted by Crippen LogP contribution is -2.38. The second-order valence-electron chi connectivity index (χ2n) is 5.23. The fraction of sp³-hybridized carbons (Fsp3) is 0.429. The summed E-state index contributed by atoms with van der Waals surface area (Å²) in [7, 11) is 0. The first-order valence-corrected chi connectivity index (χ1v) is 6.95. The van der Waals surface area contributed by atoms with Crippen LogP contribution in [0.3, 0.4) is 0 Å². The van der Waals surface area contributed by atoms with Crippen LogP contribution in [0.2, 0.25) is 5.02 Å². The zero-order valence-electron chi connectivity index (χ0n) is 11.5. The lowest BCUT2D eigenvalue weighted by Gasteiger charge is -2.17. The molecule has 1 aromatic rings. The summed E-state index contributed by atoms with van der Waals surface area (Å²) in [5.41, 5.74) is 0.678. The highest BCUT2D eigenvalue weighted by Crippen LogP contribution is 2.23. The smallest absolute Gasteiger partial charge is 0.317 e. The van der Waals surface area contributed by atoms with Crippen LogP contribution < -0.4 is 5.32 Å². The molecule has 114 valence electrons. The molecule has 0 unspecified atom stereocenters. The monoisotopic (exact) mass is 314 g/mol. The molecular weight excluding hydrogens is 299 g/mol. The molecule has 0 spiro atoms. The molecule has 1 saturated heterocycles. The molecule has 2 rings (SSSR count). The van der Waals surface area contributed by atoms with Gasteiger partial charge in [0.15, 0.2) is 0 Å². The molecule has 0 radical (unpaired) electrons. The van der Waals surface area contributed by atoms with Crippen molar-refractivity contribution in [1.29, 1.82) is 0 Å². The number of carboxylic acid groups (broad SMARTS) is 1. The molecule has 21 heavy (non-hydrogen) atoms. The molecule has 0 bridgehead atoms. The van der Waals surface area contributed by atoms with Gasteiger partial charge in [-0.15, -0.1) is 0 Å². The maximum Gasteiger partial charge on any atom is 0.317 e. The summed E-state index contributed by atoms with van der Waals surface area (Å²) in [6, 6.07) is 3.89. The fourth-order valence-corrected chi connectivity index (χ4v) is 2.60. The van der Waals surface area contributed by atoms with Crippen molar-refractivity contribution in [3.63, 3.8) is 0 Å². The molecule has 0 aromatic heterocycles. The molecule has 7 heteroatoms. The zero-order chi connectivity index (χ0) is 15.6. The quantitative estimate of drug-likeness (QED) is 0.899. The van der Waals surface area contributed by atoms with Crippen molar-refractivity contribution < 1.29 is 19.1 Å². The number of urea groups is 1. The highest BCUT2D eigenvalue weighted by molar-refractivity contribution is 6.30. The Bertz CT molecular complexity index is 567. The molecule has 1 heterocycles. The molecule has 1 aromatic carbocycles. The van der Waals surface area contributed by atoms with Crippen LogP contribution in [-0.4, -0.2) is 35.1 Å². The van der Waals surface area contributed by atoms with Crippen molar-refractivity contribution in [3.05, 3.63) is 34.6 Å². The van der Waals surface area contributed by atoms with Gasteiger partial charge >= 0.3 is 12.0 Å². The lowest BCUT2D eigenvalue weighted by atomic mass is 9.99. The van der Waals surface area contributed by atoms with E-state index in [1.165, 1.54) is 23.1 Å². The molecule has 1 fully saturated rings. The van der Waals surface area contributed by atoms with Gasteiger partial charge in [0.25, 0.3) is 0 Å². The molecule has 2 N–H and O–H groups in total. The van der Waals surface area contributed by atoms with E-state index < -0.39 is 17.7 Å². The van der Waals surface area contributed by atoms with Gasteiger partial charge in [-0.2, -0.15) is 0 Å². The van der Waals surface area contributed by atoms with E-state index in [9.17, 15) is 14.0 Å². The van der Waals surface area contributed by atoms with Crippen molar-refractivity contribution in [2.75, 3.05) is 13.1 Å². The largest absolute Gasteiger partial charge is 0.481 e. The molecule has 1 aliphatic rings. The van der Waals surface area contributed by atoms with Gasteiger partial charge in [0.1, 0.15) is 5.82 Å². The van der Waals surface area contributed by atoms with Crippen LogP contribution in [0, 0.1) is 17.7 Å². The number of nitrogens with zero attached hydrogens (tertiary/aromatic N) is 1. The predicted octanol–water partition coefficient (Wildman–Crippen LogP) is 2.34. The average molecular weight is 315 g/mol. The van der Waals surface area contributed by atoms with Gasteiger partial charge in [0.2, 0.25) is 0 Å². The number of carboxylic acids is 1. The number of rotatable bonds is 3. The van der Waals surface area contributed by atoms with Gasteiger partial charge in [0.05, 0.1) is 10.9 Å². The number of amides is 2. The van der Waals surface area contributed by atoms with Crippen LogP contribution in [0.1, 0.15) is 12.5 Å². The summed E-state index contributed by atoms with van der Waals surface area (Å²) < 4.78 is 13.0. The topological polar surface area (TPSA) is 69.6 Å². The molecule has 1 aliphatic heterocycles. The van der Waals surface area contributed by atoms with Crippen molar-refractivity contribution >= 4 is 23.6 Å². The number of carbonyl (C=O) groups excluding carboxylic acids is 1. The Kier molecular flexibility index (Phi) is 4.67. The van der Waals surface area contributed by atoms with Gasteiger partial charge in [-0.25, -0.2) is 9.18 Å². The Morgan fingerprint density at radius 3 is 2.76 bits per heavy atom. The van der Waals surface area contributed by atoms with Crippen LogP contribution in [0.25, 0.3) is 0 Å². The fourth-order valence-electron chi connectivity index (χ4n) is 2.39. The minimum atomic E-state index is -0.886. The van der Waals surface area contributed by atoms with Gasteiger partial charge < -0.3 is 15.3 Å². The standard InChI is InChI=1S/C14H16ClFN2O3/c1-8-6-18(7-10(8)13(19)20)14(21)17-5-9-2-3-12(16)11(15)4-9/h2-4,8,10H,5-7H2,1H3,(H,17,21)(H,19,20)/t8-,10-/m1/s1. The predicted molar refractivity (Wildman–Crippen MR) is 75.5 cm³/mol.